The van der Waals surface area contributed by atoms with Gasteiger partial charge in [0.15, 0.2) is 6.10 Å². The smallest absolute Gasteiger partial charge is 0.335 e. The molecule has 1 aromatic rings. The van der Waals surface area contributed by atoms with Crippen molar-refractivity contribution in [1.82, 2.24) is 10.3 Å². The van der Waals surface area contributed by atoms with E-state index in [0.717, 1.165) is 13.0 Å². The van der Waals surface area contributed by atoms with Crippen molar-refractivity contribution >= 4 is 5.97 Å². The van der Waals surface area contributed by atoms with Gasteiger partial charge in [-0.25, -0.2) is 4.79 Å². The third kappa shape index (κ3) is 4.38. The lowest BCUT2D eigenvalue weighted by molar-refractivity contribution is -0.170. The molecule has 1 aliphatic heterocycles. The molecular weight excluding hydrogens is 468 g/mol. The van der Waals surface area contributed by atoms with Crippen molar-refractivity contribution in [3.05, 3.63) is 53.9 Å². The molecule has 12 atom stereocenters. The lowest BCUT2D eigenvalue weighted by atomic mass is 9.55. The molecule has 1 spiro atoms. The van der Waals surface area contributed by atoms with Gasteiger partial charge in [0, 0.05) is 49.3 Å². The maximum atomic E-state index is 13.1. The molecule has 0 amide bonds. The molecule has 0 saturated heterocycles. The van der Waals surface area contributed by atoms with Crippen molar-refractivity contribution in [2.24, 2.45) is 40.9 Å². The molecule has 1 aromatic heterocycles. The molecule has 7 nitrogen and oxygen atoms in total. The number of pyridine rings is 1. The quantitative estimate of drug-likeness (QED) is 0.413. The van der Waals surface area contributed by atoms with Gasteiger partial charge in [0.1, 0.15) is 6.10 Å². The summed E-state index contributed by atoms with van der Waals surface area (Å²) in [5.74, 6) is 0.244. The zero-order valence-corrected chi connectivity index (χ0v) is 22.6. The van der Waals surface area contributed by atoms with Crippen molar-refractivity contribution in [2.45, 2.75) is 77.5 Å². The summed E-state index contributed by atoms with van der Waals surface area (Å²) < 4.78 is 11.4. The van der Waals surface area contributed by atoms with Gasteiger partial charge in [-0.1, -0.05) is 37.6 Å². The highest BCUT2D eigenvalue weighted by Gasteiger charge is 2.66. The number of carbonyl (C=O) groups excluding carboxylic acids is 1. The highest BCUT2D eigenvalue weighted by atomic mass is 16.6. The Bertz CT molecular complexity index is 1040. The number of methoxy groups -OCH3 is 1. The second-order valence-corrected chi connectivity index (χ2v) is 11.9. The summed E-state index contributed by atoms with van der Waals surface area (Å²) >= 11 is 0. The molecule has 37 heavy (non-hydrogen) atoms. The van der Waals surface area contributed by atoms with Gasteiger partial charge >= 0.3 is 5.97 Å². The zero-order chi connectivity index (χ0) is 26.5. The van der Waals surface area contributed by atoms with Crippen LogP contribution in [0.5, 0.6) is 0 Å². The predicted octanol–water partition coefficient (Wildman–Crippen LogP) is 3.27. The summed E-state index contributed by atoms with van der Waals surface area (Å²) in [5, 5.41) is 26.1. The number of hydrogen-bond acceptors (Lipinski definition) is 7. The van der Waals surface area contributed by atoms with Gasteiger partial charge in [-0.2, -0.15) is 0 Å². The lowest BCUT2D eigenvalue weighted by Gasteiger charge is -2.51. The summed E-state index contributed by atoms with van der Waals surface area (Å²) in [6.07, 6.45) is 9.18. The standard InChI is InChI=1S/C30H42N2O5/c1-16-12-17(2)30-14-23-22(7-6-21(30)13-24(36-5)29(35)37-28(16)19(4)33)25(30)27(34)18(3)26(23)32-15-20-8-10-31-11-9-20/h6-12,16,18-19,21-28,32-34H,13-15H2,1-5H3/b17-12+/t16-,18?,19-,21-,22+,23-,24+,25+,26+,27-,28+,30-/m1/s1. The summed E-state index contributed by atoms with van der Waals surface area (Å²) in [7, 11) is 1.55. The van der Waals surface area contributed by atoms with Crippen LogP contribution < -0.4 is 5.32 Å². The Balaban J connectivity index is 1.55. The lowest BCUT2D eigenvalue weighted by Crippen LogP contribution is -2.56. The SMILES string of the molecule is CO[C@H]1C[C@H]2C=C[C@H]3[C@H]4C[C@]2(/C(C)=C/[C@@H](C)[C@@H]([C@@H](C)O)OC1=O)[C@@H]3[C@H](O)C(C)[C@@H]4NCc1ccncc1. The van der Waals surface area contributed by atoms with E-state index in [1.807, 2.05) is 31.5 Å². The second kappa shape index (κ2) is 10.3. The molecule has 1 unspecified atom stereocenters. The molecule has 4 aliphatic rings. The maximum absolute atomic E-state index is 13.1. The minimum atomic E-state index is -0.803. The van der Waals surface area contributed by atoms with E-state index in [2.05, 4.69) is 42.4 Å². The van der Waals surface area contributed by atoms with E-state index >= 15 is 0 Å². The molecule has 3 N–H and O–H groups in total. The third-order valence-corrected chi connectivity index (χ3v) is 10.0. The van der Waals surface area contributed by atoms with Crippen molar-refractivity contribution < 1.29 is 24.5 Å². The molecule has 0 aromatic carbocycles. The number of allylic oxidation sites excluding steroid dienone is 3. The van der Waals surface area contributed by atoms with Gasteiger partial charge < -0.3 is 25.0 Å². The van der Waals surface area contributed by atoms with E-state index in [-0.39, 0.29) is 41.0 Å². The number of aromatic nitrogens is 1. The first kappa shape index (κ1) is 26.5. The van der Waals surface area contributed by atoms with Gasteiger partial charge in [-0.3, -0.25) is 4.98 Å². The van der Waals surface area contributed by atoms with E-state index in [9.17, 15) is 15.0 Å². The van der Waals surface area contributed by atoms with Crippen molar-refractivity contribution in [1.29, 1.82) is 0 Å². The fraction of sp³-hybridized carbons (Fsp3) is 0.667. The van der Waals surface area contributed by atoms with Crippen LogP contribution in [0.25, 0.3) is 0 Å². The Hall–Kier alpha value is -2.06. The molecule has 2 heterocycles. The van der Waals surface area contributed by atoms with Crippen LogP contribution >= 0.6 is 0 Å². The Labute approximate surface area is 220 Å². The van der Waals surface area contributed by atoms with Crippen molar-refractivity contribution in [3.8, 4) is 0 Å². The minimum absolute atomic E-state index is 0.0450. The first-order chi connectivity index (χ1) is 17.7. The zero-order valence-electron chi connectivity index (χ0n) is 22.6. The molecule has 3 aliphatic carbocycles. The number of aliphatic hydroxyl groups excluding tert-OH is 2. The van der Waals surface area contributed by atoms with Crippen LogP contribution in [-0.4, -0.2) is 58.7 Å². The topological polar surface area (TPSA) is 101 Å². The molecule has 4 bridgehead atoms. The summed E-state index contributed by atoms with van der Waals surface area (Å²) in [5.41, 5.74) is 2.13. The molecular formula is C30H42N2O5. The van der Waals surface area contributed by atoms with Gasteiger partial charge in [0.2, 0.25) is 0 Å². The number of rotatable bonds is 5. The van der Waals surface area contributed by atoms with E-state index in [1.165, 1.54) is 11.1 Å². The van der Waals surface area contributed by atoms with Crippen molar-refractivity contribution in [3.63, 3.8) is 0 Å². The van der Waals surface area contributed by atoms with Crippen LogP contribution in [0.15, 0.2) is 48.3 Å². The number of aliphatic hydroxyl groups is 2. The van der Waals surface area contributed by atoms with E-state index in [4.69, 9.17) is 9.47 Å². The predicted molar refractivity (Wildman–Crippen MR) is 140 cm³/mol. The van der Waals surface area contributed by atoms with E-state index in [1.54, 1.807) is 14.0 Å². The Morgan fingerprint density at radius 1 is 1.27 bits per heavy atom. The van der Waals surface area contributed by atoms with Crippen molar-refractivity contribution in [2.75, 3.05) is 7.11 Å². The van der Waals surface area contributed by atoms with Gasteiger partial charge in [0.05, 0.1) is 12.2 Å². The number of ether oxygens (including phenoxy) is 2. The average Bonchev–Trinajstić information content (AvgIpc) is 3.07. The van der Waals surface area contributed by atoms with Gasteiger partial charge in [0.25, 0.3) is 0 Å². The Morgan fingerprint density at radius 3 is 2.68 bits per heavy atom. The van der Waals surface area contributed by atoms with E-state index < -0.39 is 30.4 Å². The van der Waals surface area contributed by atoms with Crippen LogP contribution in [0.2, 0.25) is 0 Å². The highest BCUT2D eigenvalue weighted by molar-refractivity contribution is 5.75. The molecule has 2 saturated carbocycles. The number of carbonyl (C=O) groups is 1. The molecule has 7 heteroatoms. The normalized spacial score (nSPS) is 45.4. The van der Waals surface area contributed by atoms with Crippen LogP contribution in [0, 0.1) is 40.9 Å². The minimum Gasteiger partial charge on any atom is -0.457 e. The number of nitrogens with one attached hydrogen (secondary N) is 1. The van der Waals surface area contributed by atoms with E-state index in [0.29, 0.717) is 12.3 Å². The monoisotopic (exact) mass is 510 g/mol. The highest BCUT2D eigenvalue weighted by Crippen LogP contribution is 2.68. The fourth-order valence-electron chi connectivity index (χ4n) is 8.29. The first-order valence-corrected chi connectivity index (χ1v) is 13.8. The number of cyclic esters (lactones) is 1. The molecule has 0 radical (unpaired) electrons. The number of esters is 1. The summed E-state index contributed by atoms with van der Waals surface area (Å²) in [6, 6.07) is 4.22. The number of nitrogens with zero attached hydrogens (tertiary/aromatic N) is 1. The summed E-state index contributed by atoms with van der Waals surface area (Å²) in [6.45, 7) is 8.75. The van der Waals surface area contributed by atoms with Crippen LogP contribution in [0.4, 0.5) is 0 Å². The maximum Gasteiger partial charge on any atom is 0.335 e. The van der Waals surface area contributed by atoms with Gasteiger partial charge in [-0.05, 0) is 68.1 Å². The molecule has 5 rings (SSSR count). The third-order valence-electron chi connectivity index (χ3n) is 10.0. The largest absolute Gasteiger partial charge is 0.457 e. The summed E-state index contributed by atoms with van der Waals surface area (Å²) in [4.78, 5) is 17.3. The van der Waals surface area contributed by atoms with Crippen LogP contribution in [0.1, 0.15) is 46.1 Å². The van der Waals surface area contributed by atoms with Crippen LogP contribution in [-0.2, 0) is 20.8 Å². The fourth-order valence-corrected chi connectivity index (χ4v) is 8.29. The van der Waals surface area contributed by atoms with Crippen LogP contribution in [0.3, 0.4) is 0 Å². The average molecular weight is 511 g/mol. The molecule has 2 fully saturated rings. The van der Waals surface area contributed by atoms with Gasteiger partial charge in [-0.15, -0.1) is 0 Å². The Kier molecular flexibility index (Phi) is 7.35. The second-order valence-electron chi connectivity index (χ2n) is 11.9. The Morgan fingerprint density at radius 2 is 2.00 bits per heavy atom. The number of hydrogen-bond donors (Lipinski definition) is 3. The molecule has 202 valence electrons. The first-order valence-electron chi connectivity index (χ1n) is 13.8.